The van der Waals surface area contributed by atoms with Crippen molar-refractivity contribution < 1.29 is 58.4 Å². The van der Waals surface area contributed by atoms with E-state index in [2.05, 4.69) is 0 Å². The minimum Gasteiger partial charge on any atom is -0.715 e. The molecule has 0 bridgehead atoms. The third-order valence-electron chi connectivity index (χ3n) is 1.96. The third-order valence-corrected chi connectivity index (χ3v) is 21.7. The molecule has 0 atom stereocenters. The van der Waals surface area contributed by atoms with Gasteiger partial charge >= 0.3 is 24.3 Å². The summed E-state index contributed by atoms with van der Waals surface area (Å²) in [5, 5.41) is -1.13. The van der Waals surface area contributed by atoms with E-state index in [1.54, 1.807) is 0 Å². The summed E-state index contributed by atoms with van der Waals surface area (Å²) in [6.45, 7) is 0. The molecule has 0 N–H and O–H groups in total. The first kappa shape index (κ1) is 20.0. The second-order valence-corrected chi connectivity index (χ2v) is 18.2. The smallest absolute Gasteiger partial charge is 0.715 e. The van der Waals surface area contributed by atoms with Crippen molar-refractivity contribution in [1.29, 1.82) is 0 Å². The minimum absolute atomic E-state index is 0. The SMILES string of the molecule is O=S(=O)([O-])[P+](c1ccccc1)(S(=O)(=O)[O-])S(=O)(=O)[O-].[Rh+3]. The van der Waals surface area contributed by atoms with E-state index in [4.69, 9.17) is 0 Å². The molecule has 0 aromatic heterocycles. The van der Waals surface area contributed by atoms with E-state index in [9.17, 15) is 38.9 Å². The summed E-state index contributed by atoms with van der Waals surface area (Å²) in [6, 6.07) is 4.46. The molecule has 0 aliphatic rings. The van der Waals surface area contributed by atoms with Gasteiger partial charge in [0.15, 0.2) is 0 Å². The van der Waals surface area contributed by atoms with Crippen molar-refractivity contribution in [2.24, 2.45) is 0 Å². The summed E-state index contributed by atoms with van der Waals surface area (Å²) in [5.74, 6) is 0. The molecule has 1 rings (SSSR count). The van der Waals surface area contributed by atoms with Gasteiger partial charge in [-0.25, -0.2) is 0 Å². The molecule has 0 spiro atoms. The molecule has 0 heterocycles. The fourth-order valence-electron chi connectivity index (χ4n) is 1.33. The van der Waals surface area contributed by atoms with E-state index < -0.39 is 39.4 Å². The normalized spacial score (nSPS) is 13.6. The van der Waals surface area contributed by atoms with E-state index in [1.165, 1.54) is 6.07 Å². The van der Waals surface area contributed by atoms with Crippen LogP contribution >= 0.6 is 4.87 Å². The van der Waals surface area contributed by atoms with Crippen molar-refractivity contribution >= 4 is 39.4 Å². The molecule has 0 amide bonds. The summed E-state index contributed by atoms with van der Waals surface area (Å²) in [4.78, 5) is -6.15. The summed E-state index contributed by atoms with van der Waals surface area (Å²) in [5.41, 5.74) is 0. The molecule has 114 valence electrons. The Bertz CT molecular complexity index is 705. The molecule has 0 fully saturated rings. The number of hydrogen-bond acceptors (Lipinski definition) is 9. The Morgan fingerprint density at radius 2 is 1.00 bits per heavy atom. The zero-order valence-electron chi connectivity index (χ0n) is 9.07. The van der Waals surface area contributed by atoms with Crippen molar-refractivity contribution in [3.63, 3.8) is 0 Å². The third kappa shape index (κ3) is 3.10. The van der Waals surface area contributed by atoms with Crippen LogP contribution in [0.3, 0.4) is 0 Å². The van der Waals surface area contributed by atoms with Crippen LogP contribution in [0, 0.1) is 0 Å². The van der Waals surface area contributed by atoms with Crippen molar-refractivity contribution in [3.8, 4) is 0 Å². The molecule has 0 aliphatic heterocycles. The van der Waals surface area contributed by atoms with Crippen LogP contribution in [-0.4, -0.2) is 38.9 Å². The van der Waals surface area contributed by atoms with Gasteiger partial charge in [0.1, 0.15) is 5.30 Å². The van der Waals surface area contributed by atoms with Crippen LogP contribution in [0.25, 0.3) is 0 Å². The Hall–Kier alpha value is 0.00338. The van der Waals surface area contributed by atoms with Crippen LogP contribution in [0.2, 0.25) is 0 Å². The first-order valence-electron chi connectivity index (χ1n) is 4.18. The van der Waals surface area contributed by atoms with Gasteiger partial charge in [-0.3, -0.25) is 0 Å². The van der Waals surface area contributed by atoms with E-state index >= 15 is 0 Å². The van der Waals surface area contributed by atoms with E-state index in [0.29, 0.717) is 12.1 Å². The molecule has 9 nitrogen and oxygen atoms in total. The first-order valence-corrected chi connectivity index (χ1v) is 12.0. The van der Waals surface area contributed by atoms with Gasteiger partial charge in [-0.15, -0.1) is 0 Å². The fourth-order valence-corrected chi connectivity index (χ4v) is 14.8. The van der Waals surface area contributed by atoms with Crippen LogP contribution in [0.15, 0.2) is 30.3 Å². The Morgan fingerprint density at radius 1 is 0.700 bits per heavy atom. The quantitative estimate of drug-likeness (QED) is 0.307. The Morgan fingerprint density at radius 3 is 1.25 bits per heavy atom. The summed E-state index contributed by atoms with van der Waals surface area (Å²) in [7, 11) is -18.7. The summed E-state index contributed by atoms with van der Waals surface area (Å²) < 4.78 is 99.7. The second kappa shape index (κ2) is 6.01. The first-order chi connectivity index (χ1) is 8.36. The molecule has 0 aliphatic carbocycles. The molecule has 14 heteroatoms. The monoisotopic (exact) mass is 451 g/mol. The molecule has 0 radical (unpaired) electrons. The molecule has 0 saturated heterocycles. The van der Waals surface area contributed by atoms with Crippen LogP contribution in [-0.2, 0) is 48.7 Å². The van der Waals surface area contributed by atoms with Gasteiger partial charge in [0.05, 0.1) is 0 Å². The average molecular weight is 451 g/mol. The molecule has 1 aromatic rings. The van der Waals surface area contributed by atoms with Gasteiger partial charge in [-0.1, -0.05) is 18.2 Å². The topological polar surface area (TPSA) is 172 Å². The van der Waals surface area contributed by atoms with Gasteiger partial charge in [0.2, 0.25) is 29.2 Å². The predicted octanol–water partition coefficient (Wildman–Crippen LogP) is -1.29. The average Bonchev–Trinajstić information content (AvgIpc) is 2.12. The molecule has 0 saturated carbocycles. The fraction of sp³-hybridized carbons (Fsp3) is 0. The largest absolute Gasteiger partial charge is 3.00 e. The van der Waals surface area contributed by atoms with Crippen LogP contribution < -0.4 is 5.30 Å². The van der Waals surface area contributed by atoms with Gasteiger partial charge < -0.3 is 13.7 Å². The number of benzene rings is 1. The van der Waals surface area contributed by atoms with Crippen molar-refractivity contribution in [2.75, 3.05) is 0 Å². The molecular formula is C6H5O9PRhS3+. The zero-order chi connectivity index (χ0) is 15.1. The maximum absolute atomic E-state index is 11.1. The van der Waals surface area contributed by atoms with Gasteiger partial charge in [-0.05, 0) is 12.1 Å². The van der Waals surface area contributed by atoms with Crippen molar-refractivity contribution in [2.45, 2.75) is 0 Å². The van der Waals surface area contributed by atoms with Crippen LogP contribution in [0.5, 0.6) is 0 Å². The maximum Gasteiger partial charge on any atom is 3.00 e. The molecular weight excluding hydrogens is 446 g/mol. The standard InChI is InChI=1S/C6H7O9PS3.Rh/c7-17(8,9)16(18(10,11)12,19(13,14)15)6-4-2-1-3-5-6;/h1-5H,(H2-,7,8,9,10,11,12,13,14,15);/q;+3/p-2. The van der Waals surface area contributed by atoms with E-state index in [0.717, 1.165) is 12.1 Å². The Labute approximate surface area is 128 Å². The molecule has 1 aromatic carbocycles. The van der Waals surface area contributed by atoms with Crippen molar-refractivity contribution in [3.05, 3.63) is 30.3 Å². The van der Waals surface area contributed by atoms with Gasteiger partial charge in [0.25, 0.3) is 0 Å². The summed E-state index contributed by atoms with van der Waals surface area (Å²) in [6.07, 6.45) is 0. The van der Waals surface area contributed by atoms with Gasteiger partial charge in [-0.2, -0.15) is 25.3 Å². The van der Waals surface area contributed by atoms with E-state index in [1.807, 2.05) is 0 Å². The van der Waals surface area contributed by atoms with Crippen LogP contribution in [0.1, 0.15) is 0 Å². The predicted molar refractivity (Wildman–Crippen MR) is 62.1 cm³/mol. The Kier molecular flexibility index (Phi) is 6.01. The maximum atomic E-state index is 11.1. The van der Waals surface area contributed by atoms with Crippen LogP contribution in [0.4, 0.5) is 0 Å². The summed E-state index contributed by atoms with van der Waals surface area (Å²) >= 11 is 0. The minimum atomic E-state index is -6.23. The zero-order valence-corrected chi connectivity index (χ0v) is 14.0. The second-order valence-electron chi connectivity index (χ2n) is 3.12. The Balaban J connectivity index is 0.00000361. The molecule has 0 unspecified atom stereocenters. The van der Waals surface area contributed by atoms with E-state index in [-0.39, 0.29) is 19.5 Å². The van der Waals surface area contributed by atoms with Gasteiger partial charge in [0, 0.05) is 0 Å². The number of hydrogen-bond donors (Lipinski definition) is 0. The number of rotatable bonds is 4. The molecule has 20 heavy (non-hydrogen) atoms. The van der Waals surface area contributed by atoms with Crippen molar-refractivity contribution in [1.82, 2.24) is 0 Å².